The minimum atomic E-state index is -0.575. The van der Waals surface area contributed by atoms with E-state index in [0.29, 0.717) is 26.2 Å². The number of nitrogens with one attached hydrogen (secondary N) is 1. The molecule has 1 N–H and O–H groups in total. The summed E-state index contributed by atoms with van der Waals surface area (Å²) in [5.74, 6) is 0.0782. The number of anilines is 1. The highest BCUT2D eigenvalue weighted by Crippen LogP contribution is 2.26. The van der Waals surface area contributed by atoms with Crippen LogP contribution in [0.5, 0.6) is 0 Å². The molecular formula is C26H30N4O2. The first-order valence-corrected chi connectivity index (χ1v) is 11.1. The lowest BCUT2D eigenvalue weighted by atomic mass is 9.83. The number of carbonyl (C=O) groups excluding carboxylic acids is 2. The second-order valence-corrected chi connectivity index (χ2v) is 8.86. The third-order valence-corrected chi connectivity index (χ3v) is 6.46. The number of piperazine rings is 1. The third kappa shape index (κ3) is 4.36. The summed E-state index contributed by atoms with van der Waals surface area (Å²) in [6, 6.07) is 19.2. The summed E-state index contributed by atoms with van der Waals surface area (Å²) in [6.45, 7) is 8.45. The highest BCUT2D eigenvalue weighted by atomic mass is 16.2. The zero-order valence-corrected chi connectivity index (χ0v) is 18.9. The van der Waals surface area contributed by atoms with Crippen molar-refractivity contribution in [2.24, 2.45) is 0 Å². The van der Waals surface area contributed by atoms with E-state index in [0.717, 1.165) is 22.2 Å². The van der Waals surface area contributed by atoms with Crippen molar-refractivity contribution in [3.05, 3.63) is 72.4 Å². The van der Waals surface area contributed by atoms with Gasteiger partial charge in [0, 0.05) is 37.8 Å². The van der Waals surface area contributed by atoms with Crippen molar-refractivity contribution in [2.75, 3.05) is 31.5 Å². The molecule has 0 radical (unpaired) electrons. The Morgan fingerprint density at radius 2 is 1.66 bits per heavy atom. The van der Waals surface area contributed by atoms with E-state index in [9.17, 15) is 9.59 Å². The molecule has 0 spiro atoms. The van der Waals surface area contributed by atoms with E-state index >= 15 is 0 Å². The smallest absolute Gasteiger partial charge is 0.241 e. The number of nitrogens with zero attached hydrogens (tertiary/aromatic N) is 3. The summed E-state index contributed by atoms with van der Waals surface area (Å²) in [7, 11) is 0. The highest BCUT2D eigenvalue weighted by molar-refractivity contribution is 6.02. The number of hydrogen-bond donors (Lipinski definition) is 1. The Labute approximate surface area is 189 Å². The highest BCUT2D eigenvalue weighted by Gasteiger charge is 2.36. The normalized spacial score (nSPS) is 16.0. The van der Waals surface area contributed by atoms with Crippen LogP contribution in [0.1, 0.15) is 26.3 Å². The van der Waals surface area contributed by atoms with Crippen molar-refractivity contribution < 1.29 is 9.59 Å². The van der Waals surface area contributed by atoms with Crippen molar-refractivity contribution in [3.63, 3.8) is 0 Å². The van der Waals surface area contributed by atoms with Gasteiger partial charge in [0.05, 0.1) is 22.7 Å². The van der Waals surface area contributed by atoms with Gasteiger partial charge in [0.25, 0.3) is 0 Å². The fourth-order valence-corrected chi connectivity index (χ4v) is 4.30. The van der Waals surface area contributed by atoms with Crippen LogP contribution in [0.4, 0.5) is 5.69 Å². The first-order valence-electron chi connectivity index (χ1n) is 11.1. The van der Waals surface area contributed by atoms with Crippen LogP contribution in [0.25, 0.3) is 10.9 Å². The average Bonchev–Trinajstić information content (AvgIpc) is 2.84. The monoisotopic (exact) mass is 430 g/mol. The molecule has 166 valence electrons. The molecule has 1 atom stereocenters. The molecule has 2 aromatic carbocycles. The van der Waals surface area contributed by atoms with Gasteiger partial charge in [-0.3, -0.25) is 19.5 Å². The molecule has 4 rings (SSSR count). The van der Waals surface area contributed by atoms with Crippen molar-refractivity contribution in [3.8, 4) is 0 Å². The number of pyridine rings is 1. The summed E-state index contributed by atoms with van der Waals surface area (Å²) in [6.07, 6.45) is 1.75. The van der Waals surface area contributed by atoms with Gasteiger partial charge in [0.2, 0.25) is 11.8 Å². The Morgan fingerprint density at radius 1 is 0.938 bits per heavy atom. The van der Waals surface area contributed by atoms with E-state index in [1.807, 2.05) is 86.3 Å². The van der Waals surface area contributed by atoms with Crippen LogP contribution in [-0.2, 0) is 15.0 Å². The molecule has 1 fully saturated rings. The third-order valence-electron chi connectivity index (χ3n) is 6.46. The maximum absolute atomic E-state index is 13.2. The predicted octanol–water partition coefficient (Wildman–Crippen LogP) is 3.68. The second-order valence-electron chi connectivity index (χ2n) is 8.86. The molecule has 0 aliphatic carbocycles. The van der Waals surface area contributed by atoms with E-state index in [1.165, 1.54) is 0 Å². The Morgan fingerprint density at radius 3 is 2.38 bits per heavy atom. The molecule has 0 bridgehead atoms. The molecule has 6 nitrogen and oxygen atoms in total. The summed E-state index contributed by atoms with van der Waals surface area (Å²) >= 11 is 0. The van der Waals surface area contributed by atoms with Gasteiger partial charge in [-0.2, -0.15) is 0 Å². The predicted molar refractivity (Wildman–Crippen MR) is 127 cm³/mol. The number of fused-ring (bicyclic) bond motifs is 1. The van der Waals surface area contributed by atoms with Gasteiger partial charge in [-0.25, -0.2) is 0 Å². The SMILES string of the molecule is CC(C(=O)Nc1cccc2ncccc12)N1CCN(C(=O)C(C)(C)c2ccccc2)CC1. The van der Waals surface area contributed by atoms with Gasteiger partial charge in [-0.05, 0) is 50.6 Å². The van der Waals surface area contributed by atoms with Crippen LogP contribution in [0.3, 0.4) is 0 Å². The molecular weight excluding hydrogens is 400 g/mol. The van der Waals surface area contributed by atoms with Crippen LogP contribution in [0.15, 0.2) is 66.9 Å². The lowest BCUT2D eigenvalue weighted by Gasteiger charge is -2.40. The van der Waals surface area contributed by atoms with Crippen molar-refractivity contribution in [2.45, 2.75) is 32.2 Å². The van der Waals surface area contributed by atoms with Gasteiger partial charge >= 0.3 is 0 Å². The van der Waals surface area contributed by atoms with E-state index in [1.54, 1.807) is 6.20 Å². The van der Waals surface area contributed by atoms with E-state index in [2.05, 4.69) is 15.2 Å². The molecule has 3 aromatic rings. The Bertz CT molecular complexity index is 1100. The number of rotatable bonds is 5. The molecule has 2 heterocycles. The molecule has 1 aromatic heterocycles. The summed E-state index contributed by atoms with van der Waals surface area (Å²) in [5.41, 5.74) is 2.07. The molecule has 1 aliphatic rings. The standard InChI is InChI=1S/C26H30N4O2/c1-19(24(31)28-23-13-7-12-22-21(23)11-8-14-27-22)29-15-17-30(18-16-29)25(32)26(2,3)20-9-5-4-6-10-20/h4-14,19H,15-18H2,1-3H3,(H,28,31). The largest absolute Gasteiger partial charge is 0.339 e. The molecule has 1 saturated heterocycles. The van der Waals surface area contributed by atoms with Crippen LogP contribution in [0.2, 0.25) is 0 Å². The molecule has 2 amide bonds. The van der Waals surface area contributed by atoms with Gasteiger partial charge in [0.1, 0.15) is 0 Å². The molecule has 1 aliphatic heterocycles. The minimum Gasteiger partial charge on any atom is -0.339 e. The van der Waals surface area contributed by atoms with E-state index in [-0.39, 0.29) is 17.9 Å². The first kappa shape index (κ1) is 22.0. The fraction of sp³-hybridized carbons (Fsp3) is 0.346. The van der Waals surface area contributed by atoms with Crippen LogP contribution >= 0.6 is 0 Å². The lowest BCUT2D eigenvalue weighted by molar-refractivity contribution is -0.138. The minimum absolute atomic E-state index is 0.0502. The van der Waals surface area contributed by atoms with Gasteiger partial charge in [0.15, 0.2) is 0 Å². The molecule has 6 heteroatoms. The molecule has 1 unspecified atom stereocenters. The van der Waals surface area contributed by atoms with Crippen molar-refractivity contribution >= 4 is 28.4 Å². The number of carbonyl (C=O) groups is 2. The molecule has 32 heavy (non-hydrogen) atoms. The number of aromatic nitrogens is 1. The van der Waals surface area contributed by atoms with E-state index in [4.69, 9.17) is 0 Å². The first-order chi connectivity index (χ1) is 15.4. The summed E-state index contributed by atoms with van der Waals surface area (Å²) < 4.78 is 0. The zero-order valence-electron chi connectivity index (χ0n) is 18.9. The summed E-state index contributed by atoms with van der Waals surface area (Å²) in [4.78, 5) is 34.6. The number of amides is 2. The van der Waals surface area contributed by atoms with Gasteiger partial charge in [-0.15, -0.1) is 0 Å². The summed E-state index contributed by atoms with van der Waals surface area (Å²) in [5, 5.41) is 3.99. The number of benzene rings is 2. The zero-order chi connectivity index (χ0) is 22.7. The topological polar surface area (TPSA) is 65.5 Å². The fourth-order valence-electron chi connectivity index (χ4n) is 4.30. The average molecular weight is 431 g/mol. The van der Waals surface area contributed by atoms with Crippen LogP contribution < -0.4 is 5.32 Å². The Kier molecular flexibility index (Phi) is 6.24. The van der Waals surface area contributed by atoms with Crippen molar-refractivity contribution in [1.29, 1.82) is 0 Å². The van der Waals surface area contributed by atoms with Gasteiger partial charge in [-0.1, -0.05) is 36.4 Å². The van der Waals surface area contributed by atoms with Crippen LogP contribution in [-0.4, -0.2) is 58.8 Å². The lowest BCUT2D eigenvalue weighted by Crippen LogP contribution is -2.56. The Hall–Kier alpha value is -3.25. The van der Waals surface area contributed by atoms with Crippen LogP contribution in [0, 0.1) is 0 Å². The van der Waals surface area contributed by atoms with Gasteiger partial charge < -0.3 is 10.2 Å². The molecule has 0 saturated carbocycles. The van der Waals surface area contributed by atoms with E-state index < -0.39 is 5.41 Å². The quantitative estimate of drug-likeness (QED) is 0.671. The second kappa shape index (κ2) is 9.09. The Balaban J connectivity index is 1.37. The maximum Gasteiger partial charge on any atom is 0.241 e. The maximum atomic E-state index is 13.2. The van der Waals surface area contributed by atoms with Crippen molar-refractivity contribution in [1.82, 2.24) is 14.8 Å². The number of hydrogen-bond acceptors (Lipinski definition) is 4.